The molecule has 0 radical (unpaired) electrons. The second-order valence-electron chi connectivity index (χ2n) is 4.89. The normalized spacial score (nSPS) is 16.9. The van der Waals surface area contributed by atoms with Gasteiger partial charge in [0.25, 0.3) is 0 Å². The monoisotopic (exact) mass is 299 g/mol. The molecule has 0 saturated carbocycles. The van der Waals surface area contributed by atoms with E-state index in [-0.39, 0.29) is 6.07 Å². The van der Waals surface area contributed by atoms with Crippen LogP contribution in [0.1, 0.15) is 23.6 Å². The van der Waals surface area contributed by atoms with Gasteiger partial charge in [0.2, 0.25) is 0 Å². The molecule has 6 heteroatoms. The second kappa shape index (κ2) is 5.02. The minimum atomic E-state index is -1.49. The van der Waals surface area contributed by atoms with E-state index in [1.807, 2.05) is 0 Å². The minimum Gasteiger partial charge on any atom is -0.373 e. The molecule has 0 aromatic heterocycles. The van der Waals surface area contributed by atoms with E-state index in [0.717, 1.165) is 0 Å². The molecule has 1 N–H and O–H groups in total. The lowest BCUT2D eigenvalue weighted by atomic mass is 10.1. The van der Waals surface area contributed by atoms with Gasteiger partial charge >= 0.3 is 0 Å². The molecule has 110 valence electrons. The summed E-state index contributed by atoms with van der Waals surface area (Å²) in [6.45, 7) is 0. The summed E-state index contributed by atoms with van der Waals surface area (Å²) in [7, 11) is 0. The number of hydrogen-bond acceptors (Lipinski definition) is 1. The number of nitrogens with one attached hydrogen (secondary N) is 1. The molecule has 1 aliphatic carbocycles. The van der Waals surface area contributed by atoms with Crippen LogP contribution in [0.2, 0.25) is 0 Å². The Kier molecular flexibility index (Phi) is 3.31. The van der Waals surface area contributed by atoms with Gasteiger partial charge in [-0.1, -0.05) is 12.1 Å². The first-order valence-corrected chi connectivity index (χ1v) is 6.36. The maximum atomic E-state index is 13.6. The van der Waals surface area contributed by atoms with Crippen molar-refractivity contribution in [3.8, 4) is 0 Å². The van der Waals surface area contributed by atoms with Gasteiger partial charge in [-0.05, 0) is 30.0 Å². The lowest BCUT2D eigenvalue weighted by Crippen LogP contribution is -2.12. The summed E-state index contributed by atoms with van der Waals surface area (Å²) in [5.74, 6) is -6.33. The molecule has 1 atom stereocenters. The third kappa shape index (κ3) is 2.24. The van der Waals surface area contributed by atoms with Gasteiger partial charge in [0.15, 0.2) is 23.3 Å². The summed E-state index contributed by atoms with van der Waals surface area (Å²) in [5, 5.41) is 2.45. The van der Waals surface area contributed by atoms with Crippen molar-refractivity contribution >= 4 is 5.69 Å². The van der Waals surface area contributed by atoms with Crippen molar-refractivity contribution in [2.75, 3.05) is 5.32 Å². The molecule has 0 bridgehead atoms. The minimum absolute atomic E-state index is 0.151. The zero-order valence-corrected chi connectivity index (χ0v) is 10.7. The van der Waals surface area contributed by atoms with Crippen LogP contribution in [0.3, 0.4) is 0 Å². The summed E-state index contributed by atoms with van der Waals surface area (Å²) < 4.78 is 67.2. The molecule has 0 amide bonds. The molecule has 0 spiro atoms. The van der Waals surface area contributed by atoms with Gasteiger partial charge in [0, 0.05) is 6.07 Å². The van der Waals surface area contributed by atoms with Crippen molar-refractivity contribution in [3.05, 3.63) is 64.5 Å². The van der Waals surface area contributed by atoms with Crippen LogP contribution in [0, 0.1) is 29.1 Å². The molecule has 2 aromatic carbocycles. The molecule has 0 heterocycles. The molecule has 3 rings (SSSR count). The number of hydrogen-bond donors (Lipinski definition) is 1. The first kappa shape index (κ1) is 13.9. The van der Waals surface area contributed by atoms with Gasteiger partial charge in [-0.2, -0.15) is 0 Å². The molecular formula is C15H10F5N. The molecule has 0 fully saturated rings. The Bertz CT molecular complexity index is 687. The van der Waals surface area contributed by atoms with E-state index in [1.165, 1.54) is 12.1 Å². The van der Waals surface area contributed by atoms with E-state index in [2.05, 4.69) is 5.32 Å². The van der Waals surface area contributed by atoms with Crippen LogP contribution in [0.15, 0.2) is 24.3 Å². The number of rotatable bonds is 2. The Morgan fingerprint density at radius 1 is 0.905 bits per heavy atom. The standard InChI is InChI=1S/C15H10F5N/c16-9-3-1-2-8-7(9)4-5-12(8)21-15-13(19)10(17)6-11(18)14(15)20/h1-3,6,12,21H,4-5H2. The van der Waals surface area contributed by atoms with E-state index in [9.17, 15) is 22.0 Å². The van der Waals surface area contributed by atoms with Crippen molar-refractivity contribution < 1.29 is 22.0 Å². The molecular weight excluding hydrogens is 289 g/mol. The number of halogens is 5. The van der Waals surface area contributed by atoms with Gasteiger partial charge in [-0.3, -0.25) is 0 Å². The predicted octanol–water partition coefficient (Wildman–Crippen LogP) is 4.48. The van der Waals surface area contributed by atoms with Crippen LogP contribution in [-0.4, -0.2) is 0 Å². The topological polar surface area (TPSA) is 12.0 Å². The molecule has 1 nitrogen and oxygen atoms in total. The molecule has 1 unspecified atom stereocenters. The fraction of sp³-hybridized carbons (Fsp3) is 0.200. The first-order chi connectivity index (χ1) is 9.99. The Morgan fingerprint density at radius 3 is 2.24 bits per heavy atom. The van der Waals surface area contributed by atoms with E-state index in [1.54, 1.807) is 6.07 Å². The molecule has 21 heavy (non-hydrogen) atoms. The quantitative estimate of drug-likeness (QED) is 0.637. The zero-order chi connectivity index (χ0) is 15.1. The van der Waals surface area contributed by atoms with Crippen molar-refractivity contribution in [2.45, 2.75) is 18.9 Å². The lowest BCUT2D eigenvalue weighted by molar-refractivity contribution is 0.456. The lowest BCUT2D eigenvalue weighted by Gasteiger charge is -2.17. The third-order valence-electron chi connectivity index (χ3n) is 3.64. The fourth-order valence-corrected chi connectivity index (χ4v) is 2.63. The predicted molar refractivity (Wildman–Crippen MR) is 67.4 cm³/mol. The van der Waals surface area contributed by atoms with Crippen LogP contribution in [-0.2, 0) is 6.42 Å². The van der Waals surface area contributed by atoms with Crippen molar-refractivity contribution in [1.82, 2.24) is 0 Å². The van der Waals surface area contributed by atoms with Crippen LogP contribution in [0.25, 0.3) is 0 Å². The van der Waals surface area contributed by atoms with E-state index in [4.69, 9.17) is 0 Å². The van der Waals surface area contributed by atoms with Crippen LogP contribution in [0.5, 0.6) is 0 Å². The van der Waals surface area contributed by atoms with Gasteiger partial charge in [0.05, 0.1) is 6.04 Å². The summed E-state index contributed by atoms with van der Waals surface area (Å²) >= 11 is 0. The zero-order valence-electron chi connectivity index (χ0n) is 10.7. The highest BCUT2D eigenvalue weighted by atomic mass is 19.2. The molecule has 0 saturated heterocycles. The van der Waals surface area contributed by atoms with Crippen molar-refractivity contribution in [2.24, 2.45) is 0 Å². The molecule has 0 aliphatic heterocycles. The van der Waals surface area contributed by atoms with Gasteiger partial charge in [-0.15, -0.1) is 0 Å². The van der Waals surface area contributed by atoms with Crippen LogP contribution >= 0.6 is 0 Å². The van der Waals surface area contributed by atoms with Crippen LogP contribution < -0.4 is 5.32 Å². The van der Waals surface area contributed by atoms with E-state index < -0.39 is 40.8 Å². The molecule has 2 aromatic rings. The van der Waals surface area contributed by atoms with Crippen LogP contribution in [0.4, 0.5) is 27.6 Å². The Hall–Kier alpha value is -2.11. The summed E-state index contributed by atoms with van der Waals surface area (Å²) in [4.78, 5) is 0. The maximum absolute atomic E-state index is 13.6. The highest BCUT2D eigenvalue weighted by Gasteiger charge is 2.28. The number of anilines is 1. The largest absolute Gasteiger partial charge is 0.373 e. The van der Waals surface area contributed by atoms with Gasteiger partial charge < -0.3 is 5.32 Å². The average molecular weight is 299 g/mol. The Morgan fingerprint density at radius 2 is 1.57 bits per heavy atom. The Labute approximate surface area is 117 Å². The highest BCUT2D eigenvalue weighted by Crippen LogP contribution is 2.37. The van der Waals surface area contributed by atoms with Gasteiger partial charge in [-0.25, -0.2) is 22.0 Å². The highest BCUT2D eigenvalue weighted by molar-refractivity contribution is 5.51. The maximum Gasteiger partial charge on any atom is 0.185 e. The van der Waals surface area contributed by atoms with Crippen molar-refractivity contribution in [3.63, 3.8) is 0 Å². The third-order valence-corrected chi connectivity index (χ3v) is 3.64. The summed E-state index contributed by atoms with van der Waals surface area (Å²) in [6.07, 6.45) is 0.772. The van der Waals surface area contributed by atoms with Crippen molar-refractivity contribution in [1.29, 1.82) is 0 Å². The average Bonchev–Trinajstić information content (AvgIpc) is 2.86. The van der Waals surface area contributed by atoms with E-state index >= 15 is 0 Å². The first-order valence-electron chi connectivity index (χ1n) is 6.36. The van der Waals surface area contributed by atoms with E-state index in [0.29, 0.717) is 24.0 Å². The Balaban J connectivity index is 1.99. The smallest absolute Gasteiger partial charge is 0.185 e. The SMILES string of the molecule is Fc1cc(F)c(F)c(NC2CCc3c(F)cccc32)c1F. The fourth-order valence-electron chi connectivity index (χ4n) is 2.63. The summed E-state index contributed by atoms with van der Waals surface area (Å²) in [6, 6.07) is 3.95. The number of benzene rings is 2. The second-order valence-corrected chi connectivity index (χ2v) is 4.89. The molecule has 1 aliphatic rings. The van der Waals surface area contributed by atoms with Gasteiger partial charge in [0.1, 0.15) is 11.5 Å². The number of fused-ring (bicyclic) bond motifs is 1. The summed E-state index contributed by atoms with van der Waals surface area (Å²) in [5.41, 5.74) is 0.126.